The van der Waals surface area contributed by atoms with E-state index >= 15 is 0 Å². The van der Waals surface area contributed by atoms with Crippen LogP contribution in [0.1, 0.15) is 12.0 Å². The second-order valence-corrected chi connectivity index (χ2v) is 8.60. The quantitative estimate of drug-likeness (QED) is 0.281. The van der Waals surface area contributed by atoms with E-state index in [9.17, 15) is 14.7 Å². The third kappa shape index (κ3) is 5.18. The van der Waals surface area contributed by atoms with Crippen molar-refractivity contribution in [2.45, 2.75) is 18.9 Å². The number of aliphatic carboxylic acids is 1. The van der Waals surface area contributed by atoms with Crippen molar-refractivity contribution in [3.05, 3.63) is 106 Å². The highest BCUT2D eigenvalue weighted by atomic mass is 35.5. The minimum Gasteiger partial charge on any atom is -0.479 e. The van der Waals surface area contributed by atoms with Crippen molar-refractivity contribution in [1.82, 2.24) is 4.98 Å². The van der Waals surface area contributed by atoms with Crippen molar-refractivity contribution in [2.75, 3.05) is 0 Å². The number of fused-ring (bicyclic) bond motifs is 2. The van der Waals surface area contributed by atoms with Gasteiger partial charge in [-0.1, -0.05) is 48.0 Å². The van der Waals surface area contributed by atoms with Crippen molar-refractivity contribution in [2.24, 2.45) is 0 Å². The highest BCUT2D eigenvalue weighted by Crippen LogP contribution is 2.27. The van der Waals surface area contributed by atoms with Crippen LogP contribution in [-0.4, -0.2) is 22.2 Å². The molecule has 1 N–H and O–H groups in total. The Morgan fingerprint density at radius 1 is 0.943 bits per heavy atom. The lowest BCUT2D eigenvalue weighted by atomic mass is 10.0. The van der Waals surface area contributed by atoms with Crippen molar-refractivity contribution >= 4 is 28.7 Å². The molecule has 0 bridgehead atoms. The van der Waals surface area contributed by atoms with Crippen LogP contribution in [0, 0.1) is 0 Å². The number of halogens is 1. The van der Waals surface area contributed by atoms with Gasteiger partial charge in [0.05, 0.1) is 0 Å². The van der Waals surface area contributed by atoms with E-state index in [0.717, 1.165) is 16.7 Å². The van der Waals surface area contributed by atoms with Gasteiger partial charge in [-0.2, -0.15) is 0 Å². The van der Waals surface area contributed by atoms with Gasteiger partial charge in [-0.25, -0.2) is 9.78 Å². The van der Waals surface area contributed by atoms with E-state index in [2.05, 4.69) is 4.98 Å². The molecule has 5 rings (SSSR count). The number of aromatic nitrogens is 1. The second-order valence-electron chi connectivity index (χ2n) is 8.16. The summed E-state index contributed by atoms with van der Waals surface area (Å²) in [6.45, 7) is 0. The molecule has 0 saturated carbocycles. The Kier molecular flexibility index (Phi) is 6.21. The standard InChI is InChI=1S/C28H20ClNO5/c29-20-8-6-19(7-9-20)18-4-1-17(2-5-18)3-14-25(28(32)33)34-22-11-13-24-27(16-22)35-26-15-21(31)10-12-23(26)30-24/h1-2,4-13,15-16,25H,3,14H2,(H,32,33). The van der Waals surface area contributed by atoms with Gasteiger partial charge in [-0.15, -0.1) is 0 Å². The zero-order valence-corrected chi connectivity index (χ0v) is 19.2. The molecular formula is C28H20ClNO5. The first-order valence-electron chi connectivity index (χ1n) is 11.0. The minimum atomic E-state index is -1.05. The molecule has 1 heterocycles. The Morgan fingerprint density at radius 3 is 2.37 bits per heavy atom. The van der Waals surface area contributed by atoms with E-state index in [0.29, 0.717) is 46.2 Å². The monoisotopic (exact) mass is 485 g/mol. The molecule has 1 aliphatic heterocycles. The molecular weight excluding hydrogens is 466 g/mol. The van der Waals surface area contributed by atoms with Gasteiger partial charge in [0.25, 0.3) is 0 Å². The molecule has 0 saturated heterocycles. The summed E-state index contributed by atoms with van der Waals surface area (Å²) < 4.78 is 11.6. The highest BCUT2D eigenvalue weighted by Gasteiger charge is 2.20. The molecule has 0 amide bonds. The lowest BCUT2D eigenvalue weighted by molar-refractivity contribution is -0.145. The summed E-state index contributed by atoms with van der Waals surface area (Å²) in [5, 5.41) is 10.4. The zero-order valence-electron chi connectivity index (χ0n) is 18.5. The van der Waals surface area contributed by atoms with Gasteiger partial charge in [0.2, 0.25) is 0 Å². The molecule has 0 fully saturated rings. The summed E-state index contributed by atoms with van der Waals surface area (Å²) in [6, 6.07) is 24.9. The average molecular weight is 486 g/mol. The van der Waals surface area contributed by atoms with E-state index < -0.39 is 12.1 Å². The summed E-state index contributed by atoms with van der Waals surface area (Å²) >= 11 is 5.96. The normalized spacial score (nSPS) is 12.0. The van der Waals surface area contributed by atoms with Crippen LogP contribution < -0.4 is 10.2 Å². The van der Waals surface area contributed by atoms with Gasteiger partial charge in [0, 0.05) is 17.2 Å². The number of ether oxygens (including phenoxy) is 1. The number of nitrogens with zero attached hydrogens (tertiary/aromatic N) is 1. The van der Waals surface area contributed by atoms with Crippen LogP contribution >= 0.6 is 11.6 Å². The number of hydrogen-bond acceptors (Lipinski definition) is 5. The maximum Gasteiger partial charge on any atom is 0.344 e. The summed E-state index contributed by atoms with van der Waals surface area (Å²) in [7, 11) is 0. The molecule has 174 valence electrons. The van der Waals surface area contributed by atoms with E-state index in [1.807, 2.05) is 48.5 Å². The smallest absolute Gasteiger partial charge is 0.344 e. The van der Waals surface area contributed by atoms with Gasteiger partial charge >= 0.3 is 5.97 Å². The van der Waals surface area contributed by atoms with Crippen LogP contribution in [0.25, 0.3) is 33.7 Å². The van der Waals surface area contributed by atoms with Crippen LogP contribution in [0.2, 0.25) is 5.02 Å². The van der Waals surface area contributed by atoms with E-state index in [4.69, 9.17) is 20.8 Å². The number of rotatable bonds is 7. The van der Waals surface area contributed by atoms with Gasteiger partial charge in [0.1, 0.15) is 17.0 Å². The molecule has 3 aromatic rings. The molecule has 1 atom stereocenters. The molecule has 3 aromatic carbocycles. The predicted molar refractivity (Wildman–Crippen MR) is 134 cm³/mol. The van der Waals surface area contributed by atoms with E-state index in [1.165, 1.54) is 12.1 Å². The topological polar surface area (TPSA) is 89.6 Å². The average Bonchev–Trinajstić information content (AvgIpc) is 2.86. The molecule has 0 spiro atoms. The Labute approximate surface area is 205 Å². The highest BCUT2D eigenvalue weighted by molar-refractivity contribution is 6.30. The number of carbonyl (C=O) groups is 1. The van der Waals surface area contributed by atoms with Crippen molar-refractivity contribution in [1.29, 1.82) is 0 Å². The number of aryl methyl sites for hydroxylation is 1. The van der Waals surface area contributed by atoms with E-state index in [1.54, 1.807) is 24.3 Å². The van der Waals surface area contributed by atoms with Gasteiger partial charge in [-0.3, -0.25) is 4.79 Å². The Bertz CT molecular complexity index is 1530. The fourth-order valence-electron chi connectivity index (χ4n) is 3.86. The first kappa shape index (κ1) is 22.6. The maximum absolute atomic E-state index is 11.9. The molecule has 2 aliphatic rings. The molecule has 6 nitrogen and oxygen atoms in total. The van der Waals surface area contributed by atoms with Crippen LogP contribution in [-0.2, 0) is 11.2 Å². The van der Waals surface area contributed by atoms with Crippen molar-refractivity contribution < 1.29 is 19.1 Å². The number of hydrogen-bond donors (Lipinski definition) is 1. The lowest BCUT2D eigenvalue weighted by Crippen LogP contribution is -2.27. The Hall–Kier alpha value is -4.16. The number of carboxylic acid groups (broad SMARTS) is 1. The SMILES string of the molecule is O=C(O)C(CCc1ccc(-c2ccc(Cl)cc2)cc1)Oc1ccc2nc3ccc(=O)cc-3oc2c1. The number of carboxylic acids is 1. The number of benzene rings is 4. The lowest BCUT2D eigenvalue weighted by Gasteiger charge is -2.16. The molecule has 1 unspecified atom stereocenters. The van der Waals surface area contributed by atoms with Crippen LogP contribution in [0.3, 0.4) is 0 Å². The largest absolute Gasteiger partial charge is 0.479 e. The third-order valence-corrected chi connectivity index (χ3v) is 5.96. The summed E-state index contributed by atoms with van der Waals surface area (Å²) in [4.78, 5) is 27.9. The van der Waals surface area contributed by atoms with Gasteiger partial charge < -0.3 is 14.3 Å². The molecule has 1 aliphatic carbocycles. The first-order chi connectivity index (χ1) is 16.9. The second kappa shape index (κ2) is 9.60. The van der Waals surface area contributed by atoms with E-state index in [-0.39, 0.29) is 5.43 Å². The van der Waals surface area contributed by atoms with Crippen LogP contribution in [0.15, 0.2) is 94.1 Å². The van der Waals surface area contributed by atoms with Gasteiger partial charge in [0.15, 0.2) is 22.9 Å². The first-order valence-corrected chi connectivity index (χ1v) is 11.4. The molecule has 0 radical (unpaired) electrons. The molecule has 0 aromatic heterocycles. The van der Waals surface area contributed by atoms with Crippen molar-refractivity contribution in [3.8, 4) is 28.3 Å². The fraction of sp³-hybridized carbons (Fsp3) is 0.107. The predicted octanol–water partition coefficient (Wildman–Crippen LogP) is 6.08. The van der Waals surface area contributed by atoms with Crippen LogP contribution in [0.5, 0.6) is 5.75 Å². The zero-order chi connectivity index (χ0) is 24.4. The third-order valence-electron chi connectivity index (χ3n) is 5.70. The Balaban J connectivity index is 1.30. The summed E-state index contributed by atoms with van der Waals surface area (Å²) in [6.07, 6.45) is -0.209. The summed E-state index contributed by atoms with van der Waals surface area (Å²) in [5.41, 5.74) is 4.50. The van der Waals surface area contributed by atoms with Gasteiger partial charge in [-0.05, 0) is 65.9 Å². The maximum atomic E-state index is 11.9. The van der Waals surface area contributed by atoms with Crippen molar-refractivity contribution in [3.63, 3.8) is 0 Å². The summed E-state index contributed by atoms with van der Waals surface area (Å²) in [5.74, 6) is -0.336. The Morgan fingerprint density at radius 2 is 1.66 bits per heavy atom. The molecule has 7 heteroatoms. The fourth-order valence-corrected chi connectivity index (χ4v) is 3.99. The van der Waals surface area contributed by atoms with Crippen LogP contribution in [0.4, 0.5) is 0 Å². The molecule has 35 heavy (non-hydrogen) atoms. The minimum absolute atomic E-state index is 0.179.